The van der Waals surface area contributed by atoms with Crippen molar-refractivity contribution >= 4 is 28.5 Å². The Morgan fingerprint density at radius 2 is 1.60 bits per heavy atom. The lowest BCUT2D eigenvalue weighted by molar-refractivity contribution is -0.137. The molecule has 0 bridgehead atoms. The van der Waals surface area contributed by atoms with Gasteiger partial charge in [-0.3, -0.25) is 4.79 Å². The molecule has 0 saturated heterocycles. The molecule has 4 rings (SSSR count). The Bertz CT molecular complexity index is 1450. The minimum atomic E-state index is -4.44. The predicted octanol–water partition coefficient (Wildman–Crippen LogP) is 7.01. The average Bonchev–Trinajstić information content (AvgIpc) is 3.35. The molecule has 3 aromatic carbocycles. The third-order valence-corrected chi connectivity index (χ3v) is 6.83. The Labute approximate surface area is 231 Å². The summed E-state index contributed by atoms with van der Waals surface area (Å²) in [5.74, 6) is -0.284. The molecule has 0 unspecified atom stereocenters. The van der Waals surface area contributed by atoms with Gasteiger partial charge in [-0.25, -0.2) is 4.79 Å². The summed E-state index contributed by atoms with van der Waals surface area (Å²) < 4.78 is 39.2. The number of rotatable bonds is 10. The number of aromatic amines is 1. The largest absolute Gasteiger partial charge is 0.416 e. The molecule has 4 aromatic rings. The highest BCUT2D eigenvalue weighted by atomic mass is 19.4. The van der Waals surface area contributed by atoms with Crippen LogP contribution in [0.4, 0.5) is 23.7 Å². The topological polar surface area (TPSA) is 68.4 Å². The summed E-state index contributed by atoms with van der Waals surface area (Å²) in [6.07, 6.45) is -1.33. The van der Waals surface area contributed by atoms with Crippen molar-refractivity contribution in [3.05, 3.63) is 101 Å². The molecule has 0 radical (unpaired) electrons. The number of anilines is 1. The van der Waals surface area contributed by atoms with Crippen molar-refractivity contribution in [2.24, 2.45) is 0 Å². The van der Waals surface area contributed by atoms with Crippen molar-refractivity contribution in [2.45, 2.75) is 39.4 Å². The zero-order valence-corrected chi connectivity index (χ0v) is 22.6. The Kier molecular flexibility index (Phi) is 9.14. The molecule has 0 saturated carbocycles. The summed E-state index contributed by atoms with van der Waals surface area (Å²) in [6, 6.07) is 19.7. The van der Waals surface area contributed by atoms with Gasteiger partial charge in [0.1, 0.15) is 6.54 Å². The minimum Gasteiger partial charge on any atom is -0.361 e. The third kappa shape index (κ3) is 7.22. The maximum absolute atomic E-state index is 13.6. The fourth-order valence-electron chi connectivity index (χ4n) is 4.60. The van der Waals surface area contributed by atoms with E-state index in [0.29, 0.717) is 37.2 Å². The Morgan fingerprint density at radius 3 is 2.30 bits per heavy atom. The van der Waals surface area contributed by atoms with E-state index in [1.807, 2.05) is 62.5 Å². The first-order valence-electron chi connectivity index (χ1n) is 13.3. The highest BCUT2D eigenvalue weighted by Crippen LogP contribution is 2.29. The lowest BCUT2D eigenvalue weighted by Crippen LogP contribution is -2.45. The lowest BCUT2D eigenvalue weighted by Gasteiger charge is -2.28. The molecule has 0 fully saturated rings. The van der Waals surface area contributed by atoms with Crippen molar-refractivity contribution < 1.29 is 22.8 Å². The van der Waals surface area contributed by atoms with Crippen LogP contribution < -0.4 is 5.32 Å². The number of H-pyrrole nitrogens is 1. The van der Waals surface area contributed by atoms with Crippen molar-refractivity contribution in [1.29, 1.82) is 0 Å². The normalized spacial score (nSPS) is 11.4. The van der Waals surface area contributed by atoms with Crippen LogP contribution in [0.5, 0.6) is 0 Å². The molecule has 0 aliphatic rings. The minimum absolute atomic E-state index is 0.124. The molecule has 3 amide bonds. The van der Waals surface area contributed by atoms with Gasteiger partial charge in [-0.2, -0.15) is 13.2 Å². The third-order valence-electron chi connectivity index (χ3n) is 6.83. The van der Waals surface area contributed by atoms with E-state index < -0.39 is 11.7 Å². The smallest absolute Gasteiger partial charge is 0.361 e. The van der Waals surface area contributed by atoms with E-state index in [0.717, 1.165) is 34.2 Å². The van der Waals surface area contributed by atoms with Crippen LogP contribution in [-0.2, 0) is 23.9 Å². The van der Waals surface area contributed by atoms with Crippen LogP contribution in [0, 0.1) is 6.92 Å². The molecular weight excluding hydrogens is 517 g/mol. The summed E-state index contributed by atoms with van der Waals surface area (Å²) in [6.45, 7) is 4.50. The van der Waals surface area contributed by atoms with Gasteiger partial charge in [0, 0.05) is 42.4 Å². The maximum Gasteiger partial charge on any atom is 0.416 e. The predicted molar refractivity (Wildman–Crippen MR) is 151 cm³/mol. The highest BCUT2D eigenvalue weighted by molar-refractivity contribution is 5.93. The fraction of sp³-hybridized carbons (Fsp3) is 0.290. The van der Waals surface area contributed by atoms with Gasteiger partial charge in [-0.05, 0) is 60.7 Å². The fourth-order valence-corrected chi connectivity index (χ4v) is 4.60. The van der Waals surface area contributed by atoms with Crippen LogP contribution >= 0.6 is 0 Å². The van der Waals surface area contributed by atoms with E-state index >= 15 is 0 Å². The molecular formula is C31H33F3N4O2. The Hall–Kier alpha value is -4.27. The van der Waals surface area contributed by atoms with Gasteiger partial charge < -0.3 is 20.1 Å². The number of para-hydroxylation sites is 2. The van der Waals surface area contributed by atoms with Gasteiger partial charge in [0.15, 0.2) is 0 Å². The Balaban J connectivity index is 1.53. The summed E-state index contributed by atoms with van der Waals surface area (Å²) in [5.41, 5.74) is 3.42. The van der Waals surface area contributed by atoms with Gasteiger partial charge in [0.25, 0.3) is 0 Å². The number of alkyl halides is 3. The SMILES string of the molecule is CCCN(CC(=O)N(CCc1c[nH]c2ccccc12)Cc1ccc(C(F)(F)F)cc1)C(=O)Nc1ccccc1C. The van der Waals surface area contributed by atoms with Crippen molar-refractivity contribution in [3.8, 4) is 0 Å². The zero-order valence-electron chi connectivity index (χ0n) is 22.6. The molecule has 0 aliphatic heterocycles. The number of halogens is 3. The lowest BCUT2D eigenvalue weighted by atomic mass is 10.1. The van der Waals surface area contributed by atoms with Crippen LogP contribution in [0.1, 0.15) is 35.6 Å². The quantitative estimate of drug-likeness (QED) is 0.223. The van der Waals surface area contributed by atoms with Gasteiger partial charge in [-0.15, -0.1) is 0 Å². The number of urea groups is 1. The summed E-state index contributed by atoms with van der Waals surface area (Å²) in [7, 11) is 0. The zero-order chi connectivity index (χ0) is 28.7. The number of carbonyl (C=O) groups excluding carboxylic acids is 2. The van der Waals surface area contributed by atoms with E-state index in [9.17, 15) is 22.8 Å². The first-order chi connectivity index (χ1) is 19.2. The van der Waals surface area contributed by atoms with Crippen molar-refractivity contribution in [2.75, 3.05) is 25.0 Å². The van der Waals surface area contributed by atoms with E-state index in [-0.39, 0.29) is 25.0 Å². The van der Waals surface area contributed by atoms with Crippen molar-refractivity contribution in [3.63, 3.8) is 0 Å². The van der Waals surface area contributed by atoms with Crippen LogP contribution in [0.15, 0.2) is 79.0 Å². The van der Waals surface area contributed by atoms with Crippen LogP contribution in [0.2, 0.25) is 0 Å². The molecule has 9 heteroatoms. The van der Waals surface area contributed by atoms with Gasteiger partial charge in [0.05, 0.1) is 5.56 Å². The standard InChI is InChI=1S/C31H33F3N4O2/c1-3-17-38(30(40)36-27-10-6-4-8-22(27)2)21-29(39)37(20-23-12-14-25(15-13-23)31(32,33)34)18-16-24-19-35-28-11-7-5-9-26(24)28/h4-15,19,35H,3,16-18,20-21H2,1-2H3,(H,36,40). The summed E-state index contributed by atoms with van der Waals surface area (Å²) >= 11 is 0. The molecule has 1 aromatic heterocycles. The van der Waals surface area contributed by atoms with Crippen molar-refractivity contribution in [1.82, 2.24) is 14.8 Å². The first-order valence-corrected chi connectivity index (χ1v) is 13.3. The molecule has 1 heterocycles. The second kappa shape index (κ2) is 12.7. The van der Waals surface area contributed by atoms with Gasteiger partial charge >= 0.3 is 12.2 Å². The summed E-state index contributed by atoms with van der Waals surface area (Å²) in [5, 5.41) is 3.94. The number of benzene rings is 3. The molecule has 2 N–H and O–H groups in total. The maximum atomic E-state index is 13.6. The molecule has 0 aliphatic carbocycles. The second-order valence-electron chi connectivity index (χ2n) is 9.79. The molecule has 0 spiro atoms. The van der Waals surface area contributed by atoms with E-state index in [2.05, 4.69) is 10.3 Å². The number of hydrogen-bond donors (Lipinski definition) is 2. The van der Waals surface area contributed by atoms with Gasteiger partial charge in [-0.1, -0.05) is 55.5 Å². The van der Waals surface area contributed by atoms with Crippen LogP contribution in [0.3, 0.4) is 0 Å². The molecule has 6 nitrogen and oxygen atoms in total. The number of hydrogen-bond acceptors (Lipinski definition) is 2. The van der Waals surface area contributed by atoms with E-state index in [1.54, 1.807) is 11.0 Å². The Morgan fingerprint density at radius 1 is 0.900 bits per heavy atom. The number of aromatic nitrogens is 1. The number of amides is 3. The molecule has 0 atom stereocenters. The second-order valence-corrected chi connectivity index (χ2v) is 9.79. The molecule has 210 valence electrons. The van der Waals surface area contributed by atoms with Crippen LogP contribution in [0.25, 0.3) is 10.9 Å². The number of carbonyl (C=O) groups is 2. The van der Waals surface area contributed by atoms with Gasteiger partial charge in [0.2, 0.25) is 5.91 Å². The van der Waals surface area contributed by atoms with E-state index in [1.165, 1.54) is 17.0 Å². The summed E-state index contributed by atoms with van der Waals surface area (Å²) in [4.78, 5) is 33.1. The van der Waals surface area contributed by atoms with E-state index in [4.69, 9.17) is 0 Å². The highest BCUT2D eigenvalue weighted by Gasteiger charge is 2.30. The number of fused-ring (bicyclic) bond motifs is 1. The molecule has 40 heavy (non-hydrogen) atoms. The number of nitrogens with one attached hydrogen (secondary N) is 2. The average molecular weight is 551 g/mol. The first kappa shape index (κ1) is 28.7. The van der Waals surface area contributed by atoms with Crippen LogP contribution in [-0.4, -0.2) is 46.4 Å². The number of aryl methyl sites for hydroxylation is 1. The monoisotopic (exact) mass is 550 g/mol. The number of nitrogens with zero attached hydrogens (tertiary/aromatic N) is 2.